The molecule has 2 N–H and O–H groups in total. The van der Waals surface area contributed by atoms with Crippen LogP contribution < -0.4 is 5.32 Å². The van der Waals surface area contributed by atoms with Crippen molar-refractivity contribution in [1.29, 1.82) is 0 Å². The highest BCUT2D eigenvalue weighted by molar-refractivity contribution is 6.24. The van der Waals surface area contributed by atoms with Gasteiger partial charge in [-0.15, -0.1) is 0 Å². The molecule has 1 unspecified atom stereocenters. The number of hydrogen-bond acceptors (Lipinski definition) is 2. The van der Waals surface area contributed by atoms with Gasteiger partial charge in [0.1, 0.15) is 5.75 Å². The summed E-state index contributed by atoms with van der Waals surface area (Å²) in [5.41, 5.74) is 4.78. The predicted octanol–water partition coefficient (Wildman–Crippen LogP) is 9.34. The van der Waals surface area contributed by atoms with Gasteiger partial charge in [-0.1, -0.05) is 91.9 Å². The first kappa shape index (κ1) is 20.8. The number of phenols is 1. The van der Waals surface area contributed by atoms with Crippen LogP contribution in [0.15, 0.2) is 115 Å². The summed E-state index contributed by atoms with van der Waals surface area (Å²) in [6.07, 6.45) is 0. The fourth-order valence-corrected chi connectivity index (χ4v) is 5.66. The monoisotopic (exact) mass is 463 g/mol. The molecule has 0 amide bonds. The molecule has 0 aliphatic rings. The van der Waals surface area contributed by atoms with Crippen LogP contribution in [0.2, 0.25) is 0 Å². The zero-order valence-electron chi connectivity index (χ0n) is 20.0. The molecule has 0 aromatic heterocycles. The molecule has 0 aliphatic heterocycles. The number of hydrogen-bond donors (Lipinski definition) is 2. The third-order valence-electron chi connectivity index (χ3n) is 7.57. The first-order valence-corrected chi connectivity index (χ1v) is 12.4. The molecule has 1 atom stereocenters. The summed E-state index contributed by atoms with van der Waals surface area (Å²) in [4.78, 5) is 0. The first-order valence-electron chi connectivity index (χ1n) is 12.4. The molecular weight excluding hydrogens is 438 g/mol. The normalized spacial score (nSPS) is 12.6. The van der Waals surface area contributed by atoms with Crippen LogP contribution >= 0.6 is 0 Å². The minimum absolute atomic E-state index is 0.231. The van der Waals surface area contributed by atoms with Crippen molar-refractivity contribution in [2.24, 2.45) is 0 Å². The Kier molecular flexibility index (Phi) is 4.62. The SMILES string of the molecule is CC(c1ccc2cc(Nc3ccccc3)ccc2c1)c1ccc2ccc3c(O)ccc4ccc1c2c43. The van der Waals surface area contributed by atoms with E-state index in [4.69, 9.17) is 0 Å². The molecule has 7 aromatic rings. The van der Waals surface area contributed by atoms with Gasteiger partial charge in [-0.2, -0.15) is 0 Å². The van der Waals surface area contributed by atoms with Gasteiger partial charge >= 0.3 is 0 Å². The van der Waals surface area contributed by atoms with Crippen molar-refractivity contribution in [1.82, 2.24) is 0 Å². The number of para-hydroxylation sites is 1. The molecular formula is C34H25NO. The zero-order valence-corrected chi connectivity index (χ0v) is 20.0. The smallest absolute Gasteiger partial charge is 0.123 e. The summed E-state index contributed by atoms with van der Waals surface area (Å²) >= 11 is 0. The van der Waals surface area contributed by atoms with Crippen molar-refractivity contribution in [2.75, 3.05) is 5.32 Å². The molecule has 0 saturated carbocycles. The number of nitrogens with one attached hydrogen (secondary N) is 1. The van der Waals surface area contributed by atoms with Crippen LogP contribution in [0.1, 0.15) is 24.0 Å². The number of anilines is 2. The van der Waals surface area contributed by atoms with Gasteiger partial charge in [-0.05, 0) is 73.8 Å². The molecule has 7 rings (SSSR count). The standard InChI is InChI=1S/C34H25NO/c1-21(24-7-8-26-20-28(14-9-25(26)19-24)35-27-5-3-2-4-6-27)29-15-10-22-12-17-31-32(36)18-13-23-11-16-30(29)33(22)34(23)31/h2-21,35-36H,1H3. The third kappa shape index (κ3) is 3.26. The Morgan fingerprint density at radius 3 is 2.03 bits per heavy atom. The van der Waals surface area contributed by atoms with E-state index in [-0.39, 0.29) is 5.92 Å². The van der Waals surface area contributed by atoms with Crippen LogP contribution in [0, 0.1) is 0 Å². The zero-order chi connectivity index (χ0) is 24.2. The number of benzene rings is 7. The van der Waals surface area contributed by atoms with Crippen molar-refractivity contribution in [2.45, 2.75) is 12.8 Å². The Hall–Kier alpha value is -4.56. The minimum atomic E-state index is 0.231. The van der Waals surface area contributed by atoms with E-state index in [1.807, 2.05) is 30.3 Å². The quantitative estimate of drug-likeness (QED) is 0.255. The topological polar surface area (TPSA) is 32.3 Å². The predicted molar refractivity (Wildman–Crippen MR) is 153 cm³/mol. The van der Waals surface area contributed by atoms with E-state index in [9.17, 15) is 5.11 Å². The molecule has 0 aliphatic carbocycles. The Morgan fingerprint density at radius 2 is 1.19 bits per heavy atom. The van der Waals surface area contributed by atoms with Gasteiger partial charge in [0.15, 0.2) is 0 Å². The average molecular weight is 464 g/mol. The molecule has 7 aromatic carbocycles. The Bertz CT molecular complexity index is 1890. The number of aromatic hydroxyl groups is 1. The van der Waals surface area contributed by atoms with E-state index in [0.717, 1.165) is 27.5 Å². The van der Waals surface area contributed by atoms with Crippen molar-refractivity contribution in [3.05, 3.63) is 126 Å². The van der Waals surface area contributed by atoms with Gasteiger partial charge in [-0.25, -0.2) is 0 Å². The highest BCUT2D eigenvalue weighted by Gasteiger charge is 2.17. The van der Waals surface area contributed by atoms with Gasteiger partial charge in [0.2, 0.25) is 0 Å². The van der Waals surface area contributed by atoms with E-state index in [0.29, 0.717) is 5.75 Å². The lowest BCUT2D eigenvalue weighted by molar-refractivity contribution is 0.482. The molecule has 2 nitrogen and oxygen atoms in total. The summed E-state index contributed by atoms with van der Waals surface area (Å²) in [5, 5.41) is 23.4. The fraction of sp³-hybridized carbons (Fsp3) is 0.0588. The van der Waals surface area contributed by atoms with Gasteiger partial charge < -0.3 is 10.4 Å². The van der Waals surface area contributed by atoms with E-state index in [2.05, 4.69) is 91.1 Å². The van der Waals surface area contributed by atoms with E-state index in [1.165, 1.54) is 38.1 Å². The fourth-order valence-electron chi connectivity index (χ4n) is 5.66. The van der Waals surface area contributed by atoms with Gasteiger partial charge in [0, 0.05) is 28.1 Å². The molecule has 0 fully saturated rings. The number of fused-ring (bicyclic) bond motifs is 1. The minimum Gasteiger partial charge on any atom is -0.507 e. The lowest BCUT2D eigenvalue weighted by atomic mass is 9.85. The lowest BCUT2D eigenvalue weighted by Crippen LogP contribution is -1.98. The Balaban J connectivity index is 1.31. The van der Waals surface area contributed by atoms with Gasteiger partial charge in [-0.3, -0.25) is 0 Å². The maximum Gasteiger partial charge on any atom is 0.123 e. The van der Waals surface area contributed by atoms with Crippen LogP contribution in [0.4, 0.5) is 11.4 Å². The van der Waals surface area contributed by atoms with Gasteiger partial charge in [0.25, 0.3) is 0 Å². The molecule has 0 bridgehead atoms. The van der Waals surface area contributed by atoms with Crippen molar-refractivity contribution in [3.8, 4) is 5.75 Å². The lowest BCUT2D eigenvalue weighted by Gasteiger charge is -2.19. The molecule has 36 heavy (non-hydrogen) atoms. The second-order valence-electron chi connectivity index (χ2n) is 9.70. The molecule has 172 valence electrons. The third-order valence-corrected chi connectivity index (χ3v) is 7.57. The molecule has 0 saturated heterocycles. The van der Waals surface area contributed by atoms with E-state index < -0.39 is 0 Å². The highest BCUT2D eigenvalue weighted by Crippen LogP contribution is 2.41. The second-order valence-corrected chi connectivity index (χ2v) is 9.70. The second kappa shape index (κ2) is 8.00. The summed E-state index contributed by atoms with van der Waals surface area (Å²) in [6, 6.07) is 40.5. The maximum absolute atomic E-state index is 10.5. The molecule has 0 radical (unpaired) electrons. The van der Waals surface area contributed by atoms with Crippen molar-refractivity contribution in [3.63, 3.8) is 0 Å². The summed E-state index contributed by atoms with van der Waals surface area (Å²) in [7, 11) is 0. The van der Waals surface area contributed by atoms with Crippen molar-refractivity contribution >= 4 is 54.5 Å². The average Bonchev–Trinajstić information content (AvgIpc) is 2.92. The summed E-state index contributed by atoms with van der Waals surface area (Å²) in [5.74, 6) is 0.570. The van der Waals surface area contributed by atoms with Crippen LogP contribution in [-0.4, -0.2) is 5.11 Å². The number of rotatable bonds is 4. The van der Waals surface area contributed by atoms with Crippen molar-refractivity contribution < 1.29 is 5.11 Å². The highest BCUT2D eigenvalue weighted by atomic mass is 16.3. The van der Waals surface area contributed by atoms with Gasteiger partial charge in [0.05, 0.1) is 0 Å². The molecule has 0 heterocycles. The Labute approximate surface area is 209 Å². The summed E-state index contributed by atoms with van der Waals surface area (Å²) < 4.78 is 0. The van der Waals surface area contributed by atoms with E-state index in [1.54, 1.807) is 6.07 Å². The van der Waals surface area contributed by atoms with E-state index >= 15 is 0 Å². The van der Waals surface area contributed by atoms with Crippen LogP contribution in [0.25, 0.3) is 43.1 Å². The number of phenolic OH excluding ortho intramolecular Hbond substituents is 1. The first-order chi connectivity index (χ1) is 17.7. The van der Waals surface area contributed by atoms with Crippen LogP contribution in [0.5, 0.6) is 5.75 Å². The molecule has 0 spiro atoms. The van der Waals surface area contributed by atoms with Crippen LogP contribution in [0.3, 0.4) is 0 Å². The largest absolute Gasteiger partial charge is 0.507 e. The summed E-state index contributed by atoms with van der Waals surface area (Å²) in [6.45, 7) is 2.29. The maximum atomic E-state index is 10.5. The molecule has 2 heteroatoms. The Morgan fingerprint density at radius 1 is 0.556 bits per heavy atom. The van der Waals surface area contributed by atoms with Crippen LogP contribution in [-0.2, 0) is 0 Å².